The number of nitrogens with zero attached hydrogens (tertiary/aromatic N) is 2. The molecule has 1 atom stereocenters. The highest BCUT2D eigenvalue weighted by molar-refractivity contribution is 6.05. The van der Waals surface area contributed by atoms with Gasteiger partial charge in [-0.15, -0.1) is 0 Å². The minimum absolute atomic E-state index is 0.00533. The Labute approximate surface area is 196 Å². The van der Waals surface area contributed by atoms with Crippen LogP contribution in [0, 0.1) is 21.4 Å². The molecule has 1 heterocycles. The first-order chi connectivity index (χ1) is 16.5. The van der Waals surface area contributed by atoms with E-state index >= 15 is 0 Å². The molecule has 1 N–H and O–H groups in total. The summed E-state index contributed by atoms with van der Waals surface area (Å²) in [5.41, 5.74) is 1.34. The van der Waals surface area contributed by atoms with E-state index in [2.05, 4.69) is 5.32 Å². The molecule has 0 aromatic heterocycles. The molecule has 3 aromatic rings. The monoisotopic (exact) mass is 457 g/mol. The quantitative estimate of drug-likeness (QED) is 0.230. The average molecular weight is 457 g/mol. The Morgan fingerprint density at radius 2 is 2.00 bits per heavy atom. The minimum atomic E-state index is -0.466. The maximum absolute atomic E-state index is 12.7. The first-order valence-corrected chi connectivity index (χ1v) is 10.9. The number of benzene rings is 3. The van der Waals surface area contributed by atoms with Crippen molar-refractivity contribution in [2.75, 3.05) is 13.2 Å². The lowest BCUT2D eigenvalue weighted by Gasteiger charge is -2.13. The van der Waals surface area contributed by atoms with Crippen molar-refractivity contribution in [3.8, 4) is 11.8 Å². The number of carbonyl (C=O) groups is 1. The highest BCUT2D eigenvalue weighted by Crippen LogP contribution is 2.31. The van der Waals surface area contributed by atoms with Crippen molar-refractivity contribution in [2.45, 2.75) is 25.6 Å². The predicted molar refractivity (Wildman–Crippen MR) is 127 cm³/mol. The predicted octanol–water partition coefficient (Wildman–Crippen LogP) is 4.53. The summed E-state index contributed by atoms with van der Waals surface area (Å²) in [6.07, 6.45) is 3.36. The third-order valence-corrected chi connectivity index (χ3v) is 5.64. The first kappa shape index (κ1) is 23.0. The number of fused-ring (bicyclic) bond motifs is 1. The molecule has 1 saturated heterocycles. The number of nitro benzene ring substituents is 1. The van der Waals surface area contributed by atoms with Gasteiger partial charge in [-0.3, -0.25) is 14.9 Å². The molecule has 34 heavy (non-hydrogen) atoms. The third kappa shape index (κ3) is 5.39. The Balaban J connectivity index is 1.60. The van der Waals surface area contributed by atoms with E-state index in [4.69, 9.17) is 9.47 Å². The maximum Gasteiger partial charge on any atom is 0.269 e. The van der Waals surface area contributed by atoms with Crippen LogP contribution in [0.25, 0.3) is 16.8 Å². The highest BCUT2D eigenvalue weighted by Gasteiger charge is 2.18. The molecule has 172 valence electrons. The second kappa shape index (κ2) is 10.6. The second-order valence-corrected chi connectivity index (χ2v) is 7.93. The lowest BCUT2D eigenvalue weighted by molar-refractivity contribution is -0.384. The topological polar surface area (TPSA) is 114 Å². The molecular formula is C26H23N3O5. The number of nitriles is 1. The molecule has 0 bridgehead atoms. The maximum atomic E-state index is 12.7. The SMILES string of the molecule is N#C/C(=C\c1c(OCc2ccc([N+](=O)[O-])cc2)ccc2ccccc12)C(=O)NC[C@@H]1CCCO1. The number of hydrogen-bond acceptors (Lipinski definition) is 6. The van der Waals surface area contributed by atoms with E-state index in [1.165, 1.54) is 12.1 Å². The van der Waals surface area contributed by atoms with Crippen LogP contribution in [0.5, 0.6) is 5.75 Å². The van der Waals surface area contributed by atoms with Crippen molar-refractivity contribution in [3.05, 3.63) is 87.5 Å². The number of ether oxygens (including phenoxy) is 2. The van der Waals surface area contributed by atoms with Gasteiger partial charge in [0.25, 0.3) is 11.6 Å². The normalized spacial score (nSPS) is 15.6. The molecule has 0 aliphatic carbocycles. The lowest BCUT2D eigenvalue weighted by atomic mass is 10.0. The van der Waals surface area contributed by atoms with Crippen LogP contribution in [0.15, 0.2) is 66.2 Å². The zero-order valence-corrected chi connectivity index (χ0v) is 18.4. The van der Waals surface area contributed by atoms with Crippen LogP contribution >= 0.6 is 0 Å². The Kier molecular flexibility index (Phi) is 7.16. The molecule has 0 radical (unpaired) electrons. The smallest absolute Gasteiger partial charge is 0.269 e. The van der Waals surface area contributed by atoms with E-state index in [1.54, 1.807) is 24.3 Å². The first-order valence-electron chi connectivity index (χ1n) is 10.9. The molecule has 1 fully saturated rings. The Hall–Kier alpha value is -4.22. The van der Waals surface area contributed by atoms with Crippen molar-refractivity contribution >= 4 is 28.4 Å². The molecule has 0 spiro atoms. The molecular weight excluding hydrogens is 434 g/mol. The fourth-order valence-corrected chi connectivity index (χ4v) is 3.83. The van der Waals surface area contributed by atoms with E-state index < -0.39 is 10.8 Å². The summed E-state index contributed by atoms with van der Waals surface area (Å²) in [6.45, 7) is 1.22. The van der Waals surface area contributed by atoms with Gasteiger partial charge in [0.2, 0.25) is 0 Å². The standard InChI is InChI=1S/C26H23N3O5/c27-15-20(26(30)28-16-22-5-3-13-33-22)14-24-23-6-2-1-4-19(23)9-12-25(24)34-17-18-7-10-21(11-8-18)29(31)32/h1-2,4,6-12,14,22H,3,5,13,16-17H2,(H,28,30)/b20-14+/t22-/m0/s1. The van der Waals surface area contributed by atoms with Gasteiger partial charge >= 0.3 is 0 Å². The molecule has 8 heteroatoms. The lowest BCUT2D eigenvalue weighted by Crippen LogP contribution is -2.32. The van der Waals surface area contributed by atoms with Gasteiger partial charge in [0.05, 0.1) is 11.0 Å². The van der Waals surface area contributed by atoms with Gasteiger partial charge in [0.15, 0.2) is 0 Å². The molecule has 1 aliphatic heterocycles. The van der Waals surface area contributed by atoms with E-state index in [1.807, 2.05) is 36.4 Å². The van der Waals surface area contributed by atoms with Crippen LogP contribution in [0.3, 0.4) is 0 Å². The number of nitrogens with one attached hydrogen (secondary N) is 1. The number of amides is 1. The molecule has 0 saturated carbocycles. The van der Waals surface area contributed by atoms with Gasteiger partial charge in [0, 0.05) is 30.8 Å². The van der Waals surface area contributed by atoms with Crippen LogP contribution in [0.2, 0.25) is 0 Å². The summed E-state index contributed by atoms with van der Waals surface area (Å²) in [6, 6.07) is 19.4. The van der Waals surface area contributed by atoms with Crippen LogP contribution < -0.4 is 10.1 Å². The van der Waals surface area contributed by atoms with Crippen LogP contribution in [-0.4, -0.2) is 30.1 Å². The summed E-state index contributed by atoms with van der Waals surface area (Å²) in [7, 11) is 0. The van der Waals surface area contributed by atoms with Gasteiger partial charge in [-0.25, -0.2) is 0 Å². The third-order valence-electron chi connectivity index (χ3n) is 5.64. The summed E-state index contributed by atoms with van der Waals surface area (Å²) < 4.78 is 11.6. The zero-order valence-electron chi connectivity index (χ0n) is 18.4. The van der Waals surface area contributed by atoms with Crippen molar-refractivity contribution in [3.63, 3.8) is 0 Å². The average Bonchev–Trinajstić information content (AvgIpc) is 3.39. The Bertz CT molecular complexity index is 1270. The molecule has 3 aromatic carbocycles. The number of carbonyl (C=O) groups excluding carboxylic acids is 1. The van der Waals surface area contributed by atoms with Gasteiger partial charge in [-0.2, -0.15) is 5.26 Å². The molecule has 8 nitrogen and oxygen atoms in total. The van der Waals surface area contributed by atoms with E-state index in [-0.39, 0.29) is 24.0 Å². The number of non-ortho nitro benzene ring substituents is 1. The second-order valence-electron chi connectivity index (χ2n) is 7.93. The van der Waals surface area contributed by atoms with Gasteiger partial charge in [-0.1, -0.05) is 30.3 Å². The van der Waals surface area contributed by atoms with Crippen molar-refractivity contribution < 1.29 is 19.2 Å². The Morgan fingerprint density at radius 1 is 1.21 bits per heavy atom. The highest BCUT2D eigenvalue weighted by atomic mass is 16.6. The zero-order chi connectivity index (χ0) is 23.9. The van der Waals surface area contributed by atoms with Gasteiger partial charge < -0.3 is 14.8 Å². The van der Waals surface area contributed by atoms with E-state index in [9.17, 15) is 20.2 Å². The van der Waals surface area contributed by atoms with E-state index in [0.717, 1.165) is 29.2 Å². The summed E-state index contributed by atoms with van der Waals surface area (Å²) >= 11 is 0. The summed E-state index contributed by atoms with van der Waals surface area (Å²) in [5, 5.41) is 25.1. The molecule has 1 aliphatic rings. The largest absolute Gasteiger partial charge is 0.488 e. The number of rotatable bonds is 8. The fraction of sp³-hybridized carbons (Fsp3) is 0.231. The van der Waals surface area contributed by atoms with Crippen LogP contribution in [-0.2, 0) is 16.1 Å². The molecule has 4 rings (SSSR count). The van der Waals surface area contributed by atoms with Crippen molar-refractivity contribution in [2.24, 2.45) is 0 Å². The number of hydrogen-bond donors (Lipinski definition) is 1. The van der Waals surface area contributed by atoms with Crippen molar-refractivity contribution in [1.29, 1.82) is 5.26 Å². The van der Waals surface area contributed by atoms with E-state index in [0.29, 0.717) is 24.5 Å². The van der Waals surface area contributed by atoms with Crippen LogP contribution in [0.4, 0.5) is 5.69 Å². The van der Waals surface area contributed by atoms with Gasteiger partial charge in [-0.05, 0) is 53.5 Å². The Morgan fingerprint density at radius 3 is 2.71 bits per heavy atom. The summed E-state index contributed by atoms with van der Waals surface area (Å²) in [5.74, 6) is 0.0315. The fourth-order valence-electron chi connectivity index (χ4n) is 3.83. The number of nitro groups is 1. The van der Waals surface area contributed by atoms with Gasteiger partial charge in [0.1, 0.15) is 24.0 Å². The van der Waals surface area contributed by atoms with Crippen LogP contribution in [0.1, 0.15) is 24.0 Å². The summed E-state index contributed by atoms with van der Waals surface area (Å²) in [4.78, 5) is 23.1. The van der Waals surface area contributed by atoms with Crippen molar-refractivity contribution in [1.82, 2.24) is 5.32 Å². The molecule has 1 amide bonds. The molecule has 0 unspecified atom stereocenters. The minimum Gasteiger partial charge on any atom is -0.488 e.